The molecule has 0 saturated carbocycles. The fourth-order valence-electron chi connectivity index (χ4n) is 3.26. The van der Waals surface area contributed by atoms with Crippen molar-refractivity contribution in [2.24, 2.45) is 0 Å². The Hall–Kier alpha value is -2.81. The van der Waals surface area contributed by atoms with Crippen molar-refractivity contribution in [3.05, 3.63) is 77.9 Å². The number of carbonyl (C=O) groups excluding carboxylic acids is 1. The molecule has 3 aromatic carbocycles. The van der Waals surface area contributed by atoms with Crippen LogP contribution >= 0.6 is 0 Å². The standard InChI is InChI=1S/C24H26O3/c1-24(2,3)27-23(25)16-22(19-10-7-11-21(15-19)26-4)20-13-12-17-8-5-6-9-18(17)14-20/h5-15,22H,16H2,1-4H3. The zero-order chi connectivity index (χ0) is 19.4. The Labute approximate surface area is 160 Å². The lowest BCUT2D eigenvalue weighted by atomic mass is 9.87. The third-order valence-corrected chi connectivity index (χ3v) is 4.46. The van der Waals surface area contributed by atoms with Crippen LogP contribution in [0.5, 0.6) is 5.75 Å². The summed E-state index contributed by atoms with van der Waals surface area (Å²) < 4.78 is 11.0. The highest BCUT2D eigenvalue weighted by Gasteiger charge is 2.23. The van der Waals surface area contributed by atoms with Gasteiger partial charge in [-0.3, -0.25) is 4.79 Å². The zero-order valence-electron chi connectivity index (χ0n) is 16.4. The maximum absolute atomic E-state index is 12.6. The molecule has 3 rings (SSSR count). The van der Waals surface area contributed by atoms with Gasteiger partial charge in [-0.2, -0.15) is 0 Å². The molecule has 0 aliphatic carbocycles. The summed E-state index contributed by atoms with van der Waals surface area (Å²) in [6, 6.07) is 22.5. The number of fused-ring (bicyclic) bond motifs is 1. The van der Waals surface area contributed by atoms with Gasteiger partial charge in [0.25, 0.3) is 0 Å². The van der Waals surface area contributed by atoms with Crippen LogP contribution in [0, 0.1) is 0 Å². The molecule has 0 aliphatic rings. The Morgan fingerprint density at radius 3 is 2.30 bits per heavy atom. The largest absolute Gasteiger partial charge is 0.497 e. The number of esters is 1. The van der Waals surface area contributed by atoms with Gasteiger partial charge in [-0.05, 0) is 54.8 Å². The van der Waals surface area contributed by atoms with Crippen LogP contribution < -0.4 is 4.74 Å². The minimum atomic E-state index is -0.501. The molecule has 1 atom stereocenters. The summed E-state index contributed by atoms with van der Waals surface area (Å²) in [4.78, 5) is 12.6. The predicted molar refractivity (Wildman–Crippen MR) is 109 cm³/mol. The van der Waals surface area contributed by atoms with E-state index in [9.17, 15) is 4.79 Å². The Balaban J connectivity index is 2.00. The third-order valence-electron chi connectivity index (χ3n) is 4.46. The van der Waals surface area contributed by atoms with Crippen molar-refractivity contribution >= 4 is 16.7 Å². The lowest BCUT2D eigenvalue weighted by Gasteiger charge is -2.23. The second-order valence-corrected chi connectivity index (χ2v) is 7.73. The average Bonchev–Trinajstić information content (AvgIpc) is 2.64. The van der Waals surface area contributed by atoms with Crippen LogP contribution in [-0.2, 0) is 9.53 Å². The molecule has 27 heavy (non-hydrogen) atoms. The molecular formula is C24H26O3. The molecule has 1 unspecified atom stereocenters. The molecule has 3 aromatic rings. The predicted octanol–water partition coefficient (Wildman–Crippen LogP) is 5.71. The van der Waals surface area contributed by atoms with E-state index in [1.54, 1.807) is 7.11 Å². The highest BCUT2D eigenvalue weighted by molar-refractivity contribution is 5.83. The van der Waals surface area contributed by atoms with Gasteiger partial charge >= 0.3 is 5.97 Å². The Bertz CT molecular complexity index is 938. The van der Waals surface area contributed by atoms with Crippen LogP contribution in [0.15, 0.2) is 66.7 Å². The molecule has 140 valence electrons. The van der Waals surface area contributed by atoms with Crippen molar-refractivity contribution in [1.29, 1.82) is 0 Å². The normalized spacial score (nSPS) is 12.6. The monoisotopic (exact) mass is 362 g/mol. The zero-order valence-corrected chi connectivity index (χ0v) is 16.4. The number of methoxy groups -OCH3 is 1. The number of benzene rings is 3. The van der Waals surface area contributed by atoms with E-state index in [1.165, 1.54) is 5.39 Å². The minimum absolute atomic E-state index is 0.0976. The Morgan fingerprint density at radius 1 is 0.889 bits per heavy atom. The summed E-state index contributed by atoms with van der Waals surface area (Å²) in [5.41, 5.74) is 1.63. The first-order valence-corrected chi connectivity index (χ1v) is 9.20. The van der Waals surface area contributed by atoms with E-state index in [4.69, 9.17) is 9.47 Å². The summed E-state index contributed by atoms with van der Waals surface area (Å²) in [6.07, 6.45) is 0.281. The summed E-state index contributed by atoms with van der Waals surface area (Å²) >= 11 is 0. The van der Waals surface area contributed by atoms with Gasteiger partial charge in [-0.25, -0.2) is 0 Å². The molecule has 0 bridgehead atoms. The van der Waals surface area contributed by atoms with Gasteiger partial charge in [0.1, 0.15) is 11.4 Å². The molecule has 0 aliphatic heterocycles. The number of carbonyl (C=O) groups is 1. The number of ether oxygens (including phenoxy) is 2. The number of rotatable bonds is 5. The van der Waals surface area contributed by atoms with E-state index < -0.39 is 5.60 Å². The van der Waals surface area contributed by atoms with Crippen molar-refractivity contribution < 1.29 is 14.3 Å². The van der Waals surface area contributed by atoms with Crippen LogP contribution in [-0.4, -0.2) is 18.7 Å². The van der Waals surface area contributed by atoms with Crippen molar-refractivity contribution in [3.63, 3.8) is 0 Å². The smallest absolute Gasteiger partial charge is 0.307 e. The van der Waals surface area contributed by atoms with Gasteiger partial charge in [0.15, 0.2) is 0 Å². The molecule has 0 N–H and O–H groups in total. The van der Waals surface area contributed by atoms with Crippen molar-refractivity contribution in [3.8, 4) is 5.75 Å². The molecule has 0 aromatic heterocycles. The number of hydrogen-bond donors (Lipinski definition) is 0. The van der Waals surface area contributed by atoms with E-state index in [1.807, 2.05) is 57.2 Å². The second kappa shape index (κ2) is 7.83. The Morgan fingerprint density at radius 2 is 1.59 bits per heavy atom. The first-order chi connectivity index (χ1) is 12.9. The van der Waals surface area contributed by atoms with E-state index >= 15 is 0 Å². The second-order valence-electron chi connectivity index (χ2n) is 7.73. The highest BCUT2D eigenvalue weighted by atomic mass is 16.6. The van der Waals surface area contributed by atoms with Crippen molar-refractivity contribution in [2.75, 3.05) is 7.11 Å². The van der Waals surface area contributed by atoms with Crippen molar-refractivity contribution in [2.45, 2.75) is 38.7 Å². The molecule has 0 heterocycles. The molecule has 3 nitrogen and oxygen atoms in total. The van der Waals surface area contributed by atoms with Gasteiger partial charge in [-0.15, -0.1) is 0 Å². The lowest BCUT2D eigenvalue weighted by Crippen LogP contribution is -2.25. The molecule has 0 amide bonds. The average molecular weight is 362 g/mol. The van der Waals surface area contributed by atoms with Gasteiger partial charge < -0.3 is 9.47 Å². The first-order valence-electron chi connectivity index (χ1n) is 9.20. The lowest BCUT2D eigenvalue weighted by molar-refractivity contribution is -0.155. The summed E-state index contributed by atoms with van der Waals surface area (Å²) in [5, 5.41) is 2.34. The van der Waals surface area contributed by atoms with Gasteiger partial charge in [-0.1, -0.05) is 54.6 Å². The third kappa shape index (κ3) is 4.88. The maximum atomic E-state index is 12.6. The Kier molecular flexibility index (Phi) is 5.50. The molecule has 0 saturated heterocycles. The molecule has 0 radical (unpaired) electrons. The molecule has 3 heteroatoms. The van der Waals surface area contributed by atoms with Crippen LogP contribution in [0.4, 0.5) is 0 Å². The highest BCUT2D eigenvalue weighted by Crippen LogP contribution is 2.33. The van der Waals surface area contributed by atoms with Crippen molar-refractivity contribution in [1.82, 2.24) is 0 Å². The quantitative estimate of drug-likeness (QED) is 0.545. The number of hydrogen-bond acceptors (Lipinski definition) is 3. The van der Waals surface area contributed by atoms with Crippen LogP contribution in [0.1, 0.15) is 44.2 Å². The van der Waals surface area contributed by atoms with Gasteiger partial charge in [0.05, 0.1) is 13.5 Å². The summed E-state index contributed by atoms with van der Waals surface area (Å²) in [6.45, 7) is 5.67. The van der Waals surface area contributed by atoms with Gasteiger partial charge in [0.2, 0.25) is 0 Å². The van der Waals surface area contributed by atoms with E-state index in [0.717, 1.165) is 22.3 Å². The van der Waals surface area contributed by atoms with Crippen LogP contribution in [0.25, 0.3) is 10.8 Å². The maximum Gasteiger partial charge on any atom is 0.307 e. The minimum Gasteiger partial charge on any atom is -0.497 e. The van der Waals surface area contributed by atoms with E-state index in [2.05, 4.69) is 30.3 Å². The fourth-order valence-corrected chi connectivity index (χ4v) is 3.26. The van der Waals surface area contributed by atoms with Crippen LogP contribution in [0.3, 0.4) is 0 Å². The molecular weight excluding hydrogens is 336 g/mol. The fraction of sp³-hybridized carbons (Fsp3) is 0.292. The first kappa shape index (κ1) is 19.0. The molecule has 0 fully saturated rings. The summed E-state index contributed by atoms with van der Waals surface area (Å²) in [7, 11) is 1.65. The van der Waals surface area contributed by atoms with E-state index in [-0.39, 0.29) is 18.3 Å². The molecule has 0 spiro atoms. The topological polar surface area (TPSA) is 35.5 Å². The SMILES string of the molecule is COc1cccc(C(CC(=O)OC(C)(C)C)c2ccc3ccccc3c2)c1. The van der Waals surface area contributed by atoms with Gasteiger partial charge in [0, 0.05) is 5.92 Å². The summed E-state index contributed by atoms with van der Waals surface area (Å²) in [5.74, 6) is 0.477. The van der Waals surface area contributed by atoms with Crippen LogP contribution in [0.2, 0.25) is 0 Å². The van der Waals surface area contributed by atoms with E-state index in [0.29, 0.717) is 0 Å².